The van der Waals surface area contributed by atoms with Crippen molar-refractivity contribution < 1.29 is 19.1 Å². The average Bonchev–Trinajstić information content (AvgIpc) is 3.51. The zero-order valence-electron chi connectivity index (χ0n) is 28.2. The maximum absolute atomic E-state index is 13.3. The van der Waals surface area contributed by atoms with E-state index in [1.165, 1.54) is 0 Å². The van der Waals surface area contributed by atoms with Gasteiger partial charge in [-0.3, -0.25) is 4.79 Å². The van der Waals surface area contributed by atoms with Crippen molar-refractivity contribution >= 4 is 34.5 Å². The van der Waals surface area contributed by atoms with Crippen LogP contribution in [0.4, 0.5) is 16.3 Å². The van der Waals surface area contributed by atoms with Gasteiger partial charge in [0.2, 0.25) is 5.91 Å². The number of nitrogens with zero attached hydrogens (tertiary/aromatic N) is 4. The highest BCUT2D eigenvalue weighted by atomic mass is 16.6. The van der Waals surface area contributed by atoms with Crippen molar-refractivity contribution in [1.29, 1.82) is 0 Å². The van der Waals surface area contributed by atoms with Gasteiger partial charge in [-0.25, -0.2) is 14.8 Å². The van der Waals surface area contributed by atoms with Gasteiger partial charge in [-0.2, -0.15) is 0 Å². The topological polar surface area (TPSA) is 113 Å². The predicted molar refractivity (Wildman–Crippen MR) is 187 cm³/mol. The van der Waals surface area contributed by atoms with Crippen LogP contribution in [0, 0.1) is 11.3 Å². The Morgan fingerprint density at radius 3 is 2.42 bits per heavy atom. The van der Waals surface area contributed by atoms with E-state index in [-0.39, 0.29) is 29.4 Å². The summed E-state index contributed by atoms with van der Waals surface area (Å²) in [4.78, 5) is 43.2. The molecule has 4 aromatic rings. The van der Waals surface area contributed by atoms with Crippen LogP contribution in [0.5, 0.6) is 0 Å². The van der Waals surface area contributed by atoms with Gasteiger partial charge in [0, 0.05) is 43.0 Å². The monoisotopic (exact) mass is 650 g/mol. The molecule has 2 aliphatic carbocycles. The Hall–Kier alpha value is -4.44. The molecule has 10 heteroatoms. The Labute approximate surface area is 282 Å². The summed E-state index contributed by atoms with van der Waals surface area (Å²) in [6.07, 6.45) is 7.01. The lowest BCUT2D eigenvalue weighted by Crippen LogP contribution is -2.54. The van der Waals surface area contributed by atoms with E-state index in [1.807, 2.05) is 68.1 Å². The average molecular weight is 651 g/mol. The van der Waals surface area contributed by atoms with Gasteiger partial charge in [-0.15, -0.1) is 0 Å². The molecule has 10 nitrogen and oxygen atoms in total. The second-order valence-corrected chi connectivity index (χ2v) is 14.7. The fourth-order valence-electron chi connectivity index (χ4n) is 7.59. The zero-order valence-corrected chi connectivity index (χ0v) is 28.2. The van der Waals surface area contributed by atoms with E-state index in [2.05, 4.69) is 43.4 Å². The number of rotatable bonds is 7. The molecule has 2 saturated carbocycles. The van der Waals surface area contributed by atoms with Gasteiger partial charge >= 0.3 is 6.09 Å². The van der Waals surface area contributed by atoms with Crippen LogP contribution < -0.4 is 10.2 Å². The molecule has 0 unspecified atom stereocenters. The van der Waals surface area contributed by atoms with Crippen LogP contribution in [0.25, 0.3) is 22.3 Å². The van der Waals surface area contributed by atoms with Crippen molar-refractivity contribution in [1.82, 2.24) is 19.9 Å². The van der Waals surface area contributed by atoms with Crippen molar-refractivity contribution in [3.8, 4) is 11.3 Å². The summed E-state index contributed by atoms with van der Waals surface area (Å²) in [7, 11) is 0. The van der Waals surface area contributed by atoms with Crippen LogP contribution in [0.15, 0.2) is 67.0 Å². The number of carbonyl (C=O) groups is 2. The molecule has 252 valence electrons. The van der Waals surface area contributed by atoms with Gasteiger partial charge in [-0.05, 0) is 94.0 Å². The minimum atomic E-state index is -0.544. The van der Waals surface area contributed by atoms with E-state index in [4.69, 9.17) is 9.47 Å². The number of aromatic amines is 1. The number of hydrogen-bond acceptors (Lipinski definition) is 7. The van der Waals surface area contributed by atoms with Crippen LogP contribution >= 0.6 is 0 Å². The normalized spacial score (nSPS) is 22.7. The largest absolute Gasteiger partial charge is 0.444 e. The fraction of sp³-hybridized carbons (Fsp3) is 0.474. The Bertz CT molecular complexity index is 1730. The number of anilines is 2. The van der Waals surface area contributed by atoms with Crippen LogP contribution in [0.2, 0.25) is 0 Å². The lowest BCUT2D eigenvalue weighted by atomic mass is 9.56. The minimum Gasteiger partial charge on any atom is -0.444 e. The minimum absolute atomic E-state index is 0.00785. The van der Waals surface area contributed by atoms with Crippen molar-refractivity contribution in [2.24, 2.45) is 11.3 Å². The van der Waals surface area contributed by atoms with Crippen molar-refractivity contribution in [2.45, 2.75) is 77.5 Å². The molecule has 1 spiro atoms. The van der Waals surface area contributed by atoms with Gasteiger partial charge in [0.25, 0.3) is 0 Å². The molecule has 3 fully saturated rings. The molecule has 0 radical (unpaired) electrons. The van der Waals surface area contributed by atoms with Gasteiger partial charge < -0.3 is 29.6 Å². The first kappa shape index (κ1) is 32.1. The SMILES string of the molecule is CC(C)(C)OC(=O)N(Cc1ccccc1)C1CC2(CCC(C(=O)Nc3ccc(-c4cc5c(N6CCOCC6)ncnc5[nH]4)cc3)CC2)C1. The first-order chi connectivity index (χ1) is 23.1. The van der Waals surface area contributed by atoms with Crippen LogP contribution in [0.1, 0.15) is 64.9 Å². The molecule has 48 heavy (non-hydrogen) atoms. The third kappa shape index (κ3) is 7.04. The summed E-state index contributed by atoms with van der Waals surface area (Å²) in [5, 5.41) is 4.16. The van der Waals surface area contributed by atoms with E-state index in [1.54, 1.807) is 6.33 Å². The van der Waals surface area contributed by atoms with E-state index in [9.17, 15) is 9.59 Å². The third-order valence-electron chi connectivity index (χ3n) is 10.2. The maximum atomic E-state index is 13.3. The lowest BCUT2D eigenvalue weighted by molar-refractivity contribution is -0.123. The fourth-order valence-corrected chi connectivity index (χ4v) is 7.59. The molecule has 0 bridgehead atoms. The van der Waals surface area contributed by atoms with E-state index in [0.717, 1.165) is 91.0 Å². The first-order valence-corrected chi connectivity index (χ1v) is 17.3. The Balaban J connectivity index is 0.936. The standard InChI is InChI=1S/C38H46N6O4/c1-37(2,3)48-36(46)44(24-26-7-5-4-6-8-26)30-22-38(23-30)15-13-28(14-16-38)35(45)41-29-11-9-27(10-12-29)32-21-31-33(42-32)39-25-40-34(31)43-17-19-47-20-18-43/h4-12,21,25,28,30H,13-20,22-24H2,1-3H3,(H,41,45)(H,39,40,42). The number of aromatic nitrogens is 3. The number of hydrogen-bond donors (Lipinski definition) is 2. The molecule has 1 saturated heterocycles. The molecule has 1 aliphatic heterocycles. The molecule has 2 N–H and O–H groups in total. The molecule has 2 amide bonds. The van der Waals surface area contributed by atoms with Gasteiger partial charge in [-0.1, -0.05) is 42.5 Å². The van der Waals surface area contributed by atoms with E-state index < -0.39 is 5.60 Å². The summed E-state index contributed by atoms with van der Waals surface area (Å²) in [5.74, 6) is 1.00. The van der Waals surface area contributed by atoms with E-state index >= 15 is 0 Å². The Kier molecular flexibility index (Phi) is 8.85. The van der Waals surface area contributed by atoms with Crippen LogP contribution in [-0.4, -0.2) is 69.8 Å². The van der Waals surface area contributed by atoms with E-state index in [0.29, 0.717) is 19.8 Å². The quantitative estimate of drug-likeness (QED) is 0.218. The highest BCUT2D eigenvalue weighted by Gasteiger charge is 2.50. The smallest absolute Gasteiger partial charge is 0.410 e. The number of fused-ring (bicyclic) bond motifs is 1. The second kappa shape index (κ2) is 13.2. The second-order valence-electron chi connectivity index (χ2n) is 14.7. The van der Waals surface area contributed by atoms with Crippen LogP contribution in [0.3, 0.4) is 0 Å². The van der Waals surface area contributed by atoms with Crippen LogP contribution in [-0.2, 0) is 20.8 Å². The summed E-state index contributed by atoms with van der Waals surface area (Å²) in [6, 6.07) is 20.4. The first-order valence-electron chi connectivity index (χ1n) is 17.3. The molecule has 3 heterocycles. The summed E-state index contributed by atoms with van der Waals surface area (Å²) in [5.41, 5.74) is 4.34. The number of amides is 2. The number of morpholine rings is 1. The van der Waals surface area contributed by atoms with Crippen molar-refractivity contribution in [2.75, 3.05) is 36.5 Å². The summed E-state index contributed by atoms with van der Waals surface area (Å²) in [6.45, 7) is 9.30. The number of benzene rings is 2. The summed E-state index contributed by atoms with van der Waals surface area (Å²) < 4.78 is 11.3. The third-order valence-corrected chi connectivity index (χ3v) is 10.2. The molecule has 2 aromatic carbocycles. The number of nitrogens with one attached hydrogen (secondary N) is 2. The molecule has 2 aromatic heterocycles. The highest BCUT2D eigenvalue weighted by Crippen LogP contribution is 2.54. The highest BCUT2D eigenvalue weighted by molar-refractivity contribution is 5.94. The van der Waals surface area contributed by atoms with Gasteiger partial charge in [0.15, 0.2) is 0 Å². The zero-order chi connectivity index (χ0) is 33.3. The number of carbonyl (C=O) groups excluding carboxylic acids is 2. The number of H-pyrrole nitrogens is 1. The summed E-state index contributed by atoms with van der Waals surface area (Å²) >= 11 is 0. The maximum Gasteiger partial charge on any atom is 0.410 e. The van der Waals surface area contributed by atoms with Gasteiger partial charge in [0.05, 0.1) is 18.6 Å². The lowest BCUT2D eigenvalue weighted by Gasteiger charge is -2.54. The Morgan fingerprint density at radius 2 is 1.73 bits per heavy atom. The predicted octanol–water partition coefficient (Wildman–Crippen LogP) is 7.18. The molecular formula is C38H46N6O4. The number of ether oxygens (including phenoxy) is 2. The molecule has 7 rings (SSSR count). The molecule has 0 atom stereocenters. The molecular weight excluding hydrogens is 604 g/mol. The van der Waals surface area contributed by atoms with Gasteiger partial charge in [0.1, 0.15) is 23.4 Å². The van der Waals surface area contributed by atoms with Crippen molar-refractivity contribution in [3.05, 3.63) is 72.6 Å². The molecule has 3 aliphatic rings. The Morgan fingerprint density at radius 1 is 1.02 bits per heavy atom. The van der Waals surface area contributed by atoms with Crippen molar-refractivity contribution in [3.63, 3.8) is 0 Å².